The van der Waals surface area contributed by atoms with E-state index in [1.807, 2.05) is 24.3 Å². The first-order valence-corrected chi connectivity index (χ1v) is 7.19. The van der Waals surface area contributed by atoms with Gasteiger partial charge in [-0.2, -0.15) is 0 Å². The number of nitrogens with zero attached hydrogens (tertiary/aromatic N) is 4. The first kappa shape index (κ1) is 31.4. The quantitative estimate of drug-likeness (QED) is 0.160. The van der Waals surface area contributed by atoms with Crippen molar-refractivity contribution in [2.45, 2.75) is 6.42 Å². The zero-order valence-corrected chi connectivity index (χ0v) is 16.0. The van der Waals surface area contributed by atoms with Crippen LogP contribution in [0.25, 0.3) is 32.8 Å². The van der Waals surface area contributed by atoms with Gasteiger partial charge in [-0.05, 0) is 24.3 Å². The van der Waals surface area contributed by atoms with Crippen LogP contribution < -0.4 is 10.2 Å². The second-order valence-electron chi connectivity index (χ2n) is 4.97. The molecule has 0 bridgehead atoms. The number of benzene rings is 1. The van der Waals surface area contributed by atoms with E-state index in [-0.39, 0.29) is 39.0 Å². The molecule has 0 spiro atoms. The van der Waals surface area contributed by atoms with E-state index in [0.29, 0.717) is 0 Å². The smallest absolute Gasteiger partial charge is 0.550 e. The number of rotatable bonds is 2. The van der Waals surface area contributed by atoms with Crippen molar-refractivity contribution in [3.05, 3.63) is 49.1 Å². The van der Waals surface area contributed by atoms with E-state index in [4.69, 9.17) is 0 Å². The van der Waals surface area contributed by atoms with Crippen molar-refractivity contribution in [2.75, 3.05) is 0 Å². The fraction of sp³-hybridized carbons (Fsp3) is 0.0588. The Morgan fingerprint density at radius 1 is 0.633 bits per heavy atom. The van der Waals surface area contributed by atoms with Crippen LogP contribution >= 0.6 is 0 Å². The van der Waals surface area contributed by atoms with Crippen LogP contribution in [0.4, 0.5) is 0 Å². The molecule has 4 aromatic rings. The van der Waals surface area contributed by atoms with Crippen LogP contribution in [0.2, 0.25) is 0 Å². The van der Waals surface area contributed by atoms with Gasteiger partial charge in [0.2, 0.25) is 0 Å². The van der Waals surface area contributed by atoms with Gasteiger partial charge in [0.1, 0.15) is 0 Å². The Morgan fingerprint density at radius 2 is 0.933 bits per heavy atom. The molecule has 3 aromatic heterocycles. The SMILES string of the molecule is O.O.O.O.O=C([O-])CC(=O)[O-].[Cu+2].c1cnc2c(c1)c1nccnc1c1cccnc12. The Hall–Kier alpha value is -3.32. The van der Waals surface area contributed by atoms with E-state index in [1.54, 1.807) is 24.8 Å². The zero-order valence-electron chi connectivity index (χ0n) is 15.0. The standard InChI is InChI=1S/C14H8N4.C3H4O4.Cu.4H2O/c1-3-9-11(15-5-1)12-10(4-2-6-16-12)14-13(9)17-7-8-18-14;4-2(5)1-3(6)7;;;;;/h1-8H;1H2,(H,4,5)(H,6,7);;4*1H2/q;;+2;;;;/p-2. The summed E-state index contributed by atoms with van der Waals surface area (Å²) in [6.45, 7) is 0. The van der Waals surface area contributed by atoms with Crippen LogP contribution in [-0.2, 0) is 26.7 Å². The molecule has 0 saturated carbocycles. The summed E-state index contributed by atoms with van der Waals surface area (Å²) in [5.41, 5.74) is 3.50. The molecule has 0 amide bonds. The summed E-state index contributed by atoms with van der Waals surface area (Å²) >= 11 is 0. The Bertz CT molecular complexity index is 880. The largest absolute Gasteiger partial charge is 2.00 e. The van der Waals surface area contributed by atoms with E-state index in [9.17, 15) is 19.8 Å². The maximum Gasteiger partial charge on any atom is 2.00 e. The van der Waals surface area contributed by atoms with Crippen LogP contribution in [0.3, 0.4) is 0 Å². The van der Waals surface area contributed by atoms with Gasteiger partial charge in [-0.25, -0.2) is 0 Å². The van der Waals surface area contributed by atoms with E-state index >= 15 is 0 Å². The Morgan fingerprint density at radius 3 is 1.20 bits per heavy atom. The van der Waals surface area contributed by atoms with Crippen LogP contribution in [0, 0.1) is 0 Å². The van der Waals surface area contributed by atoms with Gasteiger partial charge < -0.3 is 41.7 Å². The van der Waals surface area contributed by atoms with E-state index in [0.717, 1.165) is 32.8 Å². The van der Waals surface area contributed by atoms with Crippen molar-refractivity contribution in [2.24, 2.45) is 0 Å². The molecule has 1 radical (unpaired) electrons. The number of carbonyl (C=O) groups is 2. The summed E-state index contributed by atoms with van der Waals surface area (Å²) in [6, 6.07) is 7.83. The molecule has 0 aliphatic carbocycles. The third kappa shape index (κ3) is 6.63. The number of pyridine rings is 2. The summed E-state index contributed by atoms with van der Waals surface area (Å²) < 4.78 is 0. The predicted molar refractivity (Wildman–Crippen MR) is 99.2 cm³/mol. The molecule has 30 heavy (non-hydrogen) atoms. The molecule has 0 atom stereocenters. The van der Waals surface area contributed by atoms with Gasteiger partial charge in [0.15, 0.2) is 0 Å². The number of carbonyl (C=O) groups excluding carboxylic acids is 2. The number of hydrogen-bond acceptors (Lipinski definition) is 8. The number of hydrogen-bond donors (Lipinski definition) is 0. The first-order chi connectivity index (χ1) is 12.1. The summed E-state index contributed by atoms with van der Waals surface area (Å²) in [6.07, 6.45) is 5.94. The van der Waals surface area contributed by atoms with E-state index in [1.165, 1.54) is 0 Å². The van der Waals surface area contributed by atoms with Crippen molar-refractivity contribution >= 4 is 44.8 Å². The van der Waals surface area contributed by atoms with Gasteiger partial charge in [-0.3, -0.25) is 19.9 Å². The molecule has 0 aliphatic heterocycles. The van der Waals surface area contributed by atoms with Gasteiger partial charge in [0.25, 0.3) is 0 Å². The van der Waals surface area contributed by atoms with Gasteiger partial charge >= 0.3 is 17.1 Å². The average molecular weight is 470 g/mol. The molecule has 165 valence electrons. The molecule has 3 heterocycles. The number of fused-ring (bicyclic) bond motifs is 6. The maximum absolute atomic E-state index is 9.28. The van der Waals surface area contributed by atoms with Gasteiger partial charge in [-0.15, -0.1) is 0 Å². The number of aromatic nitrogens is 4. The van der Waals surface area contributed by atoms with Crippen LogP contribution in [0.5, 0.6) is 0 Å². The van der Waals surface area contributed by atoms with Gasteiger partial charge in [0, 0.05) is 53.9 Å². The summed E-state index contributed by atoms with van der Waals surface area (Å²) in [7, 11) is 0. The third-order valence-corrected chi connectivity index (χ3v) is 3.34. The normalized spacial score (nSPS) is 8.67. The topological polar surface area (TPSA) is 258 Å². The second-order valence-corrected chi connectivity index (χ2v) is 4.97. The van der Waals surface area contributed by atoms with E-state index in [2.05, 4.69) is 19.9 Å². The Kier molecular flexibility index (Phi) is 14.4. The molecule has 4 rings (SSSR count). The molecule has 8 N–H and O–H groups in total. The summed E-state index contributed by atoms with van der Waals surface area (Å²) in [4.78, 5) is 36.3. The van der Waals surface area contributed by atoms with Gasteiger partial charge in [-0.1, -0.05) is 0 Å². The maximum atomic E-state index is 9.28. The molecular formula is C17H18CuN4O8. The average Bonchev–Trinajstić information content (AvgIpc) is 2.61. The zero-order chi connectivity index (χ0) is 17.8. The molecular weight excluding hydrogens is 452 g/mol. The third-order valence-electron chi connectivity index (χ3n) is 3.34. The van der Waals surface area contributed by atoms with Crippen molar-refractivity contribution in [3.63, 3.8) is 0 Å². The molecule has 13 heteroatoms. The van der Waals surface area contributed by atoms with E-state index < -0.39 is 18.4 Å². The Labute approximate surface area is 179 Å². The molecule has 1 aromatic carbocycles. The van der Waals surface area contributed by atoms with Crippen molar-refractivity contribution in [1.29, 1.82) is 0 Å². The molecule has 0 aliphatic rings. The van der Waals surface area contributed by atoms with Crippen molar-refractivity contribution in [3.8, 4) is 0 Å². The van der Waals surface area contributed by atoms with Crippen molar-refractivity contribution < 1.29 is 58.8 Å². The summed E-state index contributed by atoms with van der Waals surface area (Å²) in [5, 5.41) is 20.5. The van der Waals surface area contributed by atoms with Gasteiger partial charge in [0.05, 0.1) is 22.1 Å². The number of carboxylic acids is 2. The molecule has 12 nitrogen and oxygen atoms in total. The first-order valence-electron chi connectivity index (χ1n) is 7.19. The van der Waals surface area contributed by atoms with Crippen LogP contribution in [0.15, 0.2) is 49.1 Å². The molecule has 0 unspecified atom stereocenters. The fourth-order valence-corrected chi connectivity index (χ4v) is 2.42. The minimum absolute atomic E-state index is 0. The van der Waals surface area contributed by atoms with Crippen molar-refractivity contribution in [1.82, 2.24) is 19.9 Å². The monoisotopic (exact) mass is 469 g/mol. The van der Waals surface area contributed by atoms with Crippen LogP contribution in [-0.4, -0.2) is 53.8 Å². The minimum atomic E-state index is -1.63. The molecule has 0 fully saturated rings. The number of aliphatic carboxylic acids is 2. The second kappa shape index (κ2) is 13.8. The number of carboxylic acid groups (broad SMARTS) is 2. The van der Waals surface area contributed by atoms with Crippen LogP contribution in [0.1, 0.15) is 6.42 Å². The minimum Gasteiger partial charge on any atom is -0.550 e. The summed E-state index contributed by atoms with van der Waals surface area (Å²) in [5.74, 6) is -3.25. The fourth-order valence-electron chi connectivity index (χ4n) is 2.42. The Balaban J connectivity index is -0.000000543. The predicted octanol–water partition coefficient (Wildman–Crippen LogP) is -3.70. The molecule has 0 saturated heterocycles.